The van der Waals surface area contributed by atoms with E-state index in [2.05, 4.69) is 39.7 Å². The van der Waals surface area contributed by atoms with Gasteiger partial charge in [-0.1, -0.05) is 35.0 Å². The average molecular weight is 375 g/mol. The van der Waals surface area contributed by atoms with Crippen molar-refractivity contribution in [2.45, 2.75) is 13.8 Å². The second-order valence-corrected chi connectivity index (χ2v) is 7.05. The van der Waals surface area contributed by atoms with Crippen molar-refractivity contribution in [2.24, 2.45) is 0 Å². The van der Waals surface area contributed by atoms with Gasteiger partial charge in [0.1, 0.15) is 0 Å². The number of amides is 1. The molecule has 0 saturated carbocycles. The number of aryl methyl sites for hydroxylation is 2. The Balaban J connectivity index is 1.57. The van der Waals surface area contributed by atoms with Gasteiger partial charge in [-0.2, -0.15) is 0 Å². The van der Waals surface area contributed by atoms with Crippen LogP contribution in [0, 0.1) is 13.8 Å². The molecular weight excluding hydrogens is 358 g/mol. The van der Waals surface area contributed by atoms with Gasteiger partial charge in [0.05, 0.1) is 23.3 Å². The fraction of sp³-hybridized carbons (Fsp3) is 0.100. The van der Waals surface area contributed by atoms with Crippen molar-refractivity contribution in [1.29, 1.82) is 0 Å². The Hall–Kier alpha value is -3.32. The highest BCUT2D eigenvalue weighted by atomic mass is 32.1. The maximum Gasteiger partial charge on any atom is 0.257 e. The van der Waals surface area contributed by atoms with Crippen molar-refractivity contribution >= 4 is 22.4 Å². The summed E-state index contributed by atoms with van der Waals surface area (Å²) < 4.78 is 1.76. The lowest BCUT2D eigenvalue weighted by atomic mass is 10.1. The molecule has 0 radical (unpaired) electrons. The maximum atomic E-state index is 12.4. The third-order valence-corrected chi connectivity index (χ3v) is 4.99. The molecule has 0 aliphatic rings. The Morgan fingerprint density at radius 1 is 1.04 bits per heavy atom. The third-order valence-electron chi connectivity index (χ3n) is 4.11. The van der Waals surface area contributed by atoms with E-state index in [0.717, 1.165) is 22.6 Å². The molecule has 0 bridgehead atoms. The van der Waals surface area contributed by atoms with E-state index in [9.17, 15) is 4.79 Å². The van der Waals surface area contributed by atoms with Crippen LogP contribution in [0.5, 0.6) is 0 Å². The first kappa shape index (κ1) is 17.1. The van der Waals surface area contributed by atoms with E-state index in [4.69, 9.17) is 0 Å². The number of hydrogen-bond acceptors (Lipinski definition) is 5. The molecule has 0 atom stereocenters. The van der Waals surface area contributed by atoms with Crippen LogP contribution in [0.1, 0.15) is 21.6 Å². The van der Waals surface area contributed by atoms with Gasteiger partial charge < -0.3 is 0 Å². The van der Waals surface area contributed by atoms with Crippen LogP contribution < -0.4 is 5.32 Å². The van der Waals surface area contributed by atoms with E-state index in [1.807, 2.05) is 36.6 Å². The van der Waals surface area contributed by atoms with Gasteiger partial charge >= 0.3 is 0 Å². The molecule has 4 aromatic rings. The van der Waals surface area contributed by atoms with E-state index in [-0.39, 0.29) is 5.91 Å². The number of thiazole rings is 1. The molecule has 0 unspecified atom stereocenters. The fourth-order valence-electron chi connectivity index (χ4n) is 2.68. The maximum absolute atomic E-state index is 12.4. The van der Waals surface area contributed by atoms with Crippen LogP contribution in [0.15, 0.2) is 60.1 Å². The Morgan fingerprint density at radius 2 is 1.78 bits per heavy atom. The fourth-order valence-corrected chi connectivity index (χ4v) is 3.36. The zero-order valence-corrected chi connectivity index (χ0v) is 15.7. The molecule has 134 valence electrons. The molecule has 6 nitrogen and oxygen atoms in total. The molecule has 2 aromatic carbocycles. The summed E-state index contributed by atoms with van der Waals surface area (Å²) in [5.74, 6) is -0.187. The SMILES string of the molecule is Cc1ccc(-c2cnnn2-c2ccc(C(=O)Nc3nc(C)cs3)cc2)cc1. The Morgan fingerprint density at radius 3 is 2.44 bits per heavy atom. The standard InChI is InChI=1S/C20H17N5OS/c1-13-3-5-15(6-4-13)18-11-21-24-25(18)17-9-7-16(8-10-17)19(26)23-20-22-14(2)12-27-20/h3-12H,1-2H3,(H,22,23,26). The van der Waals surface area contributed by atoms with Crippen LogP contribution in [0.4, 0.5) is 5.13 Å². The molecule has 0 fully saturated rings. The van der Waals surface area contributed by atoms with Crippen LogP contribution in [-0.4, -0.2) is 25.9 Å². The summed E-state index contributed by atoms with van der Waals surface area (Å²) in [6.45, 7) is 3.95. The quantitative estimate of drug-likeness (QED) is 0.578. The summed E-state index contributed by atoms with van der Waals surface area (Å²) in [4.78, 5) is 16.6. The monoisotopic (exact) mass is 375 g/mol. The van der Waals surface area contributed by atoms with Crippen molar-refractivity contribution in [3.05, 3.63) is 76.9 Å². The highest BCUT2D eigenvalue weighted by molar-refractivity contribution is 7.13. The highest BCUT2D eigenvalue weighted by Crippen LogP contribution is 2.22. The molecule has 0 saturated heterocycles. The number of nitrogens with one attached hydrogen (secondary N) is 1. The number of anilines is 1. The van der Waals surface area contributed by atoms with Gasteiger partial charge in [0, 0.05) is 16.5 Å². The molecule has 0 aliphatic heterocycles. The molecule has 2 heterocycles. The lowest BCUT2D eigenvalue weighted by Crippen LogP contribution is -2.12. The number of nitrogens with zero attached hydrogens (tertiary/aromatic N) is 4. The highest BCUT2D eigenvalue weighted by Gasteiger charge is 2.11. The second kappa shape index (κ2) is 7.13. The molecule has 1 N–H and O–H groups in total. The smallest absolute Gasteiger partial charge is 0.257 e. The number of benzene rings is 2. The van der Waals surface area contributed by atoms with Crippen molar-refractivity contribution in [3.8, 4) is 16.9 Å². The predicted octanol–water partition coefficient (Wildman–Crippen LogP) is 4.26. The first-order valence-electron chi connectivity index (χ1n) is 8.42. The zero-order valence-electron chi connectivity index (χ0n) is 14.9. The van der Waals surface area contributed by atoms with E-state index < -0.39 is 0 Å². The summed E-state index contributed by atoms with van der Waals surface area (Å²) >= 11 is 1.41. The molecule has 4 rings (SSSR count). The van der Waals surface area contributed by atoms with E-state index in [1.54, 1.807) is 23.0 Å². The number of carbonyl (C=O) groups excluding carboxylic acids is 1. The van der Waals surface area contributed by atoms with Crippen molar-refractivity contribution < 1.29 is 4.79 Å². The topological polar surface area (TPSA) is 72.7 Å². The number of carbonyl (C=O) groups is 1. The van der Waals surface area contributed by atoms with Gasteiger partial charge in [0.2, 0.25) is 0 Å². The van der Waals surface area contributed by atoms with Gasteiger partial charge in [-0.3, -0.25) is 10.1 Å². The molecule has 27 heavy (non-hydrogen) atoms. The van der Waals surface area contributed by atoms with E-state index >= 15 is 0 Å². The van der Waals surface area contributed by atoms with Gasteiger partial charge in [-0.25, -0.2) is 9.67 Å². The minimum atomic E-state index is -0.187. The number of aromatic nitrogens is 4. The molecule has 0 aliphatic carbocycles. The Bertz CT molecular complexity index is 1080. The average Bonchev–Trinajstić information content (AvgIpc) is 3.32. The van der Waals surface area contributed by atoms with Crippen LogP contribution in [0.2, 0.25) is 0 Å². The normalized spacial score (nSPS) is 10.7. The number of rotatable bonds is 4. The first-order chi connectivity index (χ1) is 13.1. The zero-order chi connectivity index (χ0) is 18.8. The van der Waals surface area contributed by atoms with Crippen LogP contribution in [-0.2, 0) is 0 Å². The lowest BCUT2D eigenvalue weighted by molar-refractivity contribution is 0.102. The summed E-state index contributed by atoms with van der Waals surface area (Å²) in [7, 11) is 0. The Labute approximate surface area is 160 Å². The minimum Gasteiger partial charge on any atom is -0.298 e. The second-order valence-electron chi connectivity index (χ2n) is 6.19. The van der Waals surface area contributed by atoms with Gasteiger partial charge in [0.15, 0.2) is 5.13 Å². The van der Waals surface area contributed by atoms with E-state index in [1.165, 1.54) is 16.9 Å². The van der Waals surface area contributed by atoms with Crippen molar-refractivity contribution in [3.63, 3.8) is 0 Å². The molecular formula is C20H17N5OS. The molecule has 0 spiro atoms. The van der Waals surface area contributed by atoms with Crippen LogP contribution in [0.25, 0.3) is 16.9 Å². The largest absolute Gasteiger partial charge is 0.298 e. The van der Waals surface area contributed by atoms with Gasteiger partial charge in [0.25, 0.3) is 5.91 Å². The van der Waals surface area contributed by atoms with Crippen molar-refractivity contribution in [2.75, 3.05) is 5.32 Å². The molecule has 1 amide bonds. The van der Waals surface area contributed by atoms with Gasteiger partial charge in [-0.15, -0.1) is 16.4 Å². The lowest BCUT2D eigenvalue weighted by Gasteiger charge is -2.08. The van der Waals surface area contributed by atoms with Crippen LogP contribution >= 0.6 is 11.3 Å². The number of hydrogen-bond donors (Lipinski definition) is 1. The first-order valence-corrected chi connectivity index (χ1v) is 9.30. The summed E-state index contributed by atoms with van der Waals surface area (Å²) in [5, 5.41) is 13.5. The summed E-state index contributed by atoms with van der Waals surface area (Å²) in [6.07, 6.45) is 1.73. The third kappa shape index (κ3) is 3.63. The Kier molecular flexibility index (Phi) is 4.52. The molecule has 7 heteroatoms. The van der Waals surface area contributed by atoms with Crippen molar-refractivity contribution in [1.82, 2.24) is 20.0 Å². The summed E-state index contributed by atoms with van der Waals surface area (Å²) in [5.41, 5.74) is 5.41. The molecule has 2 aromatic heterocycles. The van der Waals surface area contributed by atoms with Crippen LogP contribution in [0.3, 0.4) is 0 Å². The predicted molar refractivity (Wildman–Crippen MR) is 106 cm³/mol. The minimum absolute atomic E-state index is 0.187. The van der Waals surface area contributed by atoms with E-state index in [0.29, 0.717) is 10.7 Å². The van der Waals surface area contributed by atoms with Gasteiger partial charge in [-0.05, 0) is 38.1 Å². The summed E-state index contributed by atoms with van der Waals surface area (Å²) in [6, 6.07) is 15.5.